The van der Waals surface area contributed by atoms with Gasteiger partial charge in [-0.1, -0.05) is 31.0 Å². The van der Waals surface area contributed by atoms with Gasteiger partial charge in [0.1, 0.15) is 29.9 Å². The molecule has 2 aliphatic carbocycles. The predicted molar refractivity (Wildman–Crippen MR) is 126 cm³/mol. The summed E-state index contributed by atoms with van der Waals surface area (Å²) >= 11 is 3.32. The standard InChI is InChI=1S/C25H32O4S2/c1-14-6-7-15(23-21(27)20(26)22(28)24(29-23)30-2)11-16(14)12-18-8-9-19(31-18)25-10-4-3-5-17(25)13-25/h6-9,11,17,20-24,26-28H,3-5,10,12-13H2,1-2H3/t17-,20+,21+,22-,23-,24+,25-/m0/s1. The number of rotatable bonds is 5. The minimum atomic E-state index is -1.22. The second-order valence-electron chi connectivity index (χ2n) is 9.56. The van der Waals surface area contributed by atoms with Gasteiger partial charge in [0.15, 0.2) is 0 Å². The third-order valence-corrected chi connectivity index (χ3v) is 9.84. The third kappa shape index (κ3) is 3.90. The van der Waals surface area contributed by atoms with E-state index in [9.17, 15) is 15.3 Å². The van der Waals surface area contributed by atoms with Crippen LogP contribution >= 0.6 is 23.1 Å². The number of fused-ring (bicyclic) bond motifs is 1. The average Bonchev–Trinajstić information content (AvgIpc) is 3.35. The van der Waals surface area contributed by atoms with Crippen molar-refractivity contribution >= 4 is 23.1 Å². The van der Waals surface area contributed by atoms with Gasteiger partial charge in [0.2, 0.25) is 0 Å². The highest BCUT2D eigenvalue weighted by Gasteiger charge is 2.56. The largest absolute Gasteiger partial charge is 0.387 e. The second-order valence-corrected chi connectivity index (χ2v) is 11.7. The third-order valence-electron chi connectivity index (χ3n) is 7.68. The molecule has 0 spiro atoms. The first-order valence-corrected chi connectivity index (χ1v) is 13.4. The molecule has 1 aromatic heterocycles. The number of aliphatic hydroxyl groups excluding tert-OH is 3. The molecule has 4 nitrogen and oxygen atoms in total. The summed E-state index contributed by atoms with van der Waals surface area (Å²) in [5, 5.41) is 31.0. The Morgan fingerprint density at radius 1 is 1.10 bits per heavy atom. The SMILES string of the molecule is CS[C@H]1O[C@@H](c2ccc(C)c(Cc3ccc([C@]45CCCC[C@H]4C5)s3)c2)[C@H](O)[C@@H](O)[C@@H]1O. The molecule has 1 aromatic carbocycles. The van der Waals surface area contributed by atoms with Gasteiger partial charge < -0.3 is 20.1 Å². The Labute approximate surface area is 192 Å². The van der Waals surface area contributed by atoms with Crippen LogP contribution in [-0.4, -0.2) is 45.3 Å². The molecule has 0 bridgehead atoms. The molecule has 6 heteroatoms. The van der Waals surface area contributed by atoms with Crippen LogP contribution in [0.2, 0.25) is 0 Å². The number of benzene rings is 1. The molecule has 1 saturated heterocycles. The molecule has 0 radical (unpaired) electrons. The van der Waals surface area contributed by atoms with Crippen molar-refractivity contribution in [3.8, 4) is 0 Å². The first kappa shape index (κ1) is 21.9. The molecule has 2 saturated carbocycles. The lowest BCUT2D eigenvalue weighted by Gasteiger charge is -2.40. The van der Waals surface area contributed by atoms with Crippen LogP contribution in [0.1, 0.15) is 64.7 Å². The molecule has 3 N–H and O–H groups in total. The first-order valence-electron chi connectivity index (χ1n) is 11.3. The number of hydrogen-bond acceptors (Lipinski definition) is 6. The first-order chi connectivity index (χ1) is 14.9. The highest BCUT2D eigenvalue weighted by Crippen LogP contribution is 2.63. The van der Waals surface area contributed by atoms with Gasteiger partial charge in [-0.3, -0.25) is 0 Å². The maximum Gasteiger partial charge on any atom is 0.132 e. The van der Waals surface area contributed by atoms with E-state index in [2.05, 4.69) is 31.2 Å². The summed E-state index contributed by atoms with van der Waals surface area (Å²) in [6.45, 7) is 2.12. The zero-order chi connectivity index (χ0) is 21.8. The van der Waals surface area contributed by atoms with Gasteiger partial charge in [-0.25, -0.2) is 0 Å². The normalized spacial score (nSPS) is 37.5. The van der Waals surface area contributed by atoms with Gasteiger partial charge in [0.05, 0.1) is 0 Å². The van der Waals surface area contributed by atoms with E-state index in [1.807, 2.05) is 23.7 Å². The van der Waals surface area contributed by atoms with Crippen molar-refractivity contribution in [3.05, 3.63) is 56.8 Å². The van der Waals surface area contributed by atoms with Crippen molar-refractivity contribution in [3.63, 3.8) is 0 Å². The predicted octanol–water partition coefficient (Wildman–Crippen LogP) is 4.32. The Hall–Kier alpha value is -0.890. The van der Waals surface area contributed by atoms with E-state index in [0.29, 0.717) is 5.41 Å². The highest BCUT2D eigenvalue weighted by atomic mass is 32.2. The van der Waals surface area contributed by atoms with Crippen molar-refractivity contribution < 1.29 is 20.1 Å². The lowest BCUT2D eigenvalue weighted by Crippen LogP contribution is -2.52. The monoisotopic (exact) mass is 460 g/mol. The van der Waals surface area contributed by atoms with Crippen LogP contribution in [0.4, 0.5) is 0 Å². The van der Waals surface area contributed by atoms with Crippen molar-refractivity contribution in [2.45, 2.75) is 80.7 Å². The molecule has 3 aliphatic rings. The van der Waals surface area contributed by atoms with Crippen LogP contribution in [0.3, 0.4) is 0 Å². The van der Waals surface area contributed by atoms with E-state index in [0.717, 1.165) is 17.9 Å². The molecular weight excluding hydrogens is 428 g/mol. The van der Waals surface area contributed by atoms with Crippen LogP contribution < -0.4 is 0 Å². The molecule has 0 amide bonds. The molecule has 2 heterocycles. The molecule has 0 unspecified atom stereocenters. The minimum Gasteiger partial charge on any atom is -0.387 e. The van der Waals surface area contributed by atoms with Crippen molar-refractivity contribution in [1.29, 1.82) is 0 Å². The number of aliphatic hydroxyl groups is 3. The second kappa shape index (κ2) is 8.47. The maximum absolute atomic E-state index is 10.6. The lowest BCUT2D eigenvalue weighted by atomic mass is 9.87. The maximum atomic E-state index is 10.6. The summed E-state index contributed by atoms with van der Waals surface area (Å²) in [4.78, 5) is 2.95. The quantitative estimate of drug-likeness (QED) is 0.620. The van der Waals surface area contributed by atoms with Gasteiger partial charge in [-0.15, -0.1) is 23.1 Å². The van der Waals surface area contributed by atoms with Gasteiger partial charge in [-0.05, 0) is 67.2 Å². The van der Waals surface area contributed by atoms with E-state index in [1.54, 1.807) is 4.88 Å². The Bertz CT molecular complexity index is 941. The summed E-state index contributed by atoms with van der Waals surface area (Å²) in [7, 11) is 0. The van der Waals surface area contributed by atoms with Crippen LogP contribution in [0.5, 0.6) is 0 Å². The zero-order valence-corrected chi connectivity index (χ0v) is 19.8. The number of ether oxygens (including phenoxy) is 1. The summed E-state index contributed by atoms with van der Waals surface area (Å²) in [5.74, 6) is 0.911. The Morgan fingerprint density at radius 2 is 1.94 bits per heavy atom. The molecule has 1 aliphatic heterocycles. The van der Waals surface area contributed by atoms with Crippen LogP contribution in [-0.2, 0) is 16.6 Å². The van der Waals surface area contributed by atoms with E-state index in [1.165, 1.54) is 59.9 Å². The molecule has 31 heavy (non-hydrogen) atoms. The van der Waals surface area contributed by atoms with Gasteiger partial charge >= 0.3 is 0 Å². The molecule has 5 rings (SSSR count). The number of hydrogen-bond donors (Lipinski definition) is 3. The van der Waals surface area contributed by atoms with E-state index in [-0.39, 0.29) is 0 Å². The van der Waals surface area contributed by atoms with Crippen molar-refractivity contribution in [1.82, 2.24) is 0 Å². The Kier molecular flexibility index (Phi) is 5.99. The van der Waals surface area contributed by atoms with E-state index in [4.69, 9.17) is 4.74 Å². The number of aryl methyl sites for hydroxylation is 1. The highest BCUT2D eigenvalue weighted by molar-refractivity contribution is 7.99. The fourth-order valence-corrected chi connectivity index (χ4v) is 7.64. The summed E-state index contributed by atoms with van der Waals surface area (Å²) < 4.78 is 5.97. The fourth-order valence-electron chi connectivity index (χ4n) is 5.63. The summed E-state index contributed by atoms with van der Waals surface area (Å²) in [6, 6.07) is 10.8. The molecule has 2 aromatic rings. The summed E-state index contributed by atoms with van der Waals surface area (Å²) in [6.07, 6.45) is 5.48. The fraction of sp³-hybridized carbons (Fsp3) is 0.600. The lowest BCUT2D eigenvalue weighted by molar-refractivity contribution is -0.200. The van der Waals surface area contributed by atoms with Gasteiger partial charge in [-0.2, -0.15) is 0 Å². The number of thioether (sulfide) groups is 1. The van der Waals surface area contributed by atoms with Gasteiger partial charge in [0.25, 0.3) is 0 Å². The minimum absolute atomic E-state index is 0.488. The van der Waals surface area contributed by atoms with E-state index < -0.39 is 29.9 Å². The van der Waals surface area contributed by atoms with Gasteiger partial charge in [0, 0.05) is 21.6 Å². The molecule has 3 fully saturated rings. The van der Waals surface area contributed by atoms with Crippen LogP contribution in [0.15, 0.2) is 30.3 Å². The van der Waals surface area contributed by atoms with Crippen LogP contribution in [0, 0.1) is 12.8 Å². The topological polar surface area (TPSA) is 69.9 Å². The summed E-state index contributed by atoms with van der Waals surface area (Å²) in [5.41, 5.74) is 3.21. The van der Waals surface area contributed by atoms with Crippen molar-refractivity contribution in [2.75, 3.05) is 6.26 Å². The van der Waals surface area contributed by atoms with E-state index >= 15 is 0 Å². The Morgan fingerprint density at radius 3 is 2.71 bits per heavy atom. The number of thiophene rings is 1. The van der Waals surface area contributed by atoms with Crippen LogP contribution in [0.25, 0.3) is 0 Å². The molecule has 7 atom stereocenters. The van der Waals surface area contributed by atoms with Crippen molar-refractivity contribution in [2.24, 2.45) is 5.92 Å². The smallest absolute Gasteiger partial charge is 0.132 e. The zero-order valence-electron chi connectivity index (χ0n) is 18.2. The average molecular weight is 461 g/mol. The molecular formula is C25H32O4S2. The Balaban J connectivity index is 1.36. The molecule has 168 valence electrons.